The number of nitrogens with one attached hydrogen (secondary N) is 1. The SMILES string of the molecule is COc1cccc(Cc2cnc(NC(=O)[C@@H]3CCCN3S(=O)(=O)c3ccc(F)cc3)s2)c1. The molecule has 0 saturated carbocycles. The van der Waals surface area contributed by atoms with E-state index < -0.39 is 27.8 Å². The van der Waals surface area contributed by atoms with E-state index in [9.17, 15) is 17.6 Å². The molecule has 10 heteroatoms. The zero-order valence-corrected chi connectivity index (χ0v) is 19.0. The van der Waals surface area contributed by atoms with Gasteiger partial charge in [0.25, 0.3) is 0 Å². The topological polar surface area (TPSA) is 88.6 Å². The van der Waals surface area contributed by atoms with Crippen LogP contribution in [0.25, 0.3) is 0 Å². The van der Waals surface area contributed by atoms with Crippen molar-refractivity contribution in [3.8, 4) is 5.75 Å². The first-order chi connectivity index (χ1) is 15.4. The van der Waals surface area contributed by atoms with Crippen molar-refractivity contribution in [3.63, 3.8) is 0 Å². The Morgan fingerprint density at radius 3 is 2.81 bits per heavy atom. The lowest BCUT2D eigenvalue weighted by Crippen LogP contribution is -2.43. The number of halogens is 1. The number of anilines is 1. The third kappa shape index (κ3) is 4.82. The second-order valence-corrected chi connectivity index (χ2v) is 10.4. The lowest BCUT2D eigenvalue weighted by molar-refractivity contribution is -0.119. The molecule has 1 aliphatic heterocycles. The highest BCUT2D eigenvalue weighted by Gasteiger charge is 2.39. The fourth-order valence-corrected chi connectivity index (χ4v) is 6.16. The molecule has 0 spiro atoms. The van der Waals surface area contributed by atoms with Gasteiger partial charge in [-0.1, -0.05) is 12.1 Å². The van der Waals surface area contributed by atoms with Gasteiger partial charge in [-0.05, 0) is 54.8 Å². The summed E-state index contributed by atoms with van der Waals surface area (Å²) in [6.45, 7) is 0.233. The molecule has 1 atom stereocenters. The molecule has 0 aliphatic carbocycles. The number of carbonyl (C=O) groups is 1. The minimum Gasteiger partial charge on any atom is -0.497 e. The molecule has 1 amide bonds. The van der Waals surface area contributed by atoms with Crippen LogP contribution in [-0.2, 0) is 21.2 Å². The van der Waals surface area contributed by atoms with Crippen molar-refractivity contribution in [1.29, 1.82) is 0 Å². The van der Waals surface area contributed by atoms with Gasteiger partial charge in [0.1, 0.15) is 17.6 Å². The predicted octanol–water partition coefficient (Wildman–Crippen LogP) is 3.67. The number of methoxy groups -OCH3 is 1. The first-order valence-electron chi connectivity index (χ1n) is 10.0. The van der Waals surface area contributed by atoms with Gasteiger partial charge in [-0.2, -0.15) is 4.31 Å². The third-order valence-electron chi connectivity index (χ3n) is 5.22. The van der Waals surface area contributed by atoms with Gasteiger partial charge in [0.15, 0.2) is 5.13 Å². The van der Waals surface area contributed by atoms with Crippen LogP contribution in [0.15, 0.2) is 59.6 Å². The second-order valence-electron chi connectivity index (χ2n) is 7.38. The Hall–Kier alpha value is -2.82. The van der Waals surface area contributed by atoms with E-state index in [1.165, 1.54) is 27.8 Å². The number of benzene rings is 2. The summed E-state index contributed by atoms with van der Waals surface area (Å²) in [6.07, 6.45) is 3.31. The van der Waals surface area contributed by atoms with E-state index >= 15 is 0 Å². The Kier molecular flexibility index (Phi) is 6.54. The number of hydrogen-bond acceptors (Lipinski definition) is 6. The Balaban J connectivity index is 1.45. The second kappa shape index (κ2) is 9.35. The van der Waals surface area contributed by atoms with Gasteiger partial charge in [0.2, 0.25) is 15.9 Å². The highest BCUT2D eigenvalue weighted by atomic mass is 32.2. The van der Waals surface area contributed by atoms with Crippen molar-refractivity contribution in [2.24, 2.45) is 0 Å². The Bertz CT molecular complexity index is 1210. The number of sulfonamides is 1. The molecule has 1 N–H and O–H groups in total. The summed E-state index contributed by atoms with van der Waals surface area (Å²) in [4.78, 5) is 18.1. The number of amides is 1. The highest BCUT2D eigenvalue weighted by Crippen LogP contribution is 2.28. The lowest BCUT2D eigenvalue weighted by Gasteiger charge is -2.23. The Morgan fingerprint density at radius 2 is 2.06 bits per heavy atom. The van der Waals surface area contributed by atoms with Gasteiger partial charge in [0.05, 0.1) is 12.0 Å². The van der Waals surface area contributed by atoms with Crippen molar-refractivity contribution < 1.29 is 22.3 Å². The number of aromatic nitrogens is 1. The molecule has 32 heavy (non-hydrogen) atoms. The van der Waals surface area contributed by atoms with Crippen molar-refractivity contribution >= 4 is 32.4 Å². The summed E-state index contributed by atoms with van der Waals surface area (Å²) >= 11 is 1.34. The van der Waals surface area contributed by atoms with Crippen molar-refractivity contribution in [2.45, 2.75) is 30.2 Å². The van der Waals surface area contributed by atoms with Crippen LogP contribution in [0.5, 0.6) is 5.75 Å². The average molecular weight is 476 g/mol. The van der Waals surface area contributed by atoms with E-state index in [0.29, 0.717) is 24.4 Å². The molecule has 2 heterocycles. The zero-order chi connectivity index (χ0) is 22.7. The molecule has 0 bridgehead atoms. The fraction of sp³-hybridized carbons (Fsp3) is 0.273. The smallest absolute Gasteiger partial charge is 0.244 e. The first-order valence-corrected chi connectivity index (χ1v) is 12.3. The molecular formula is C22H22FN3O4S2. The maximum atomic E-state index is 13.2. The average Bonchev–Trinajstić information content (AvgIpc) is 3.44. The van der Waals surface area contributed by atoms with Crippen LogP contribution in [0.1, 0.15) is 23.3 Å². The van der Waals surface area contributed by atoms with E-state index in [4.69, 9.17) is 4.74 Å². The van der Waals surface area contributed by atoms with Crippen molar-refractivity contribution in [1.82, 2.24) is 9.29 Å². The van der Waals surface area contributed by atoms with Crippen LogP contribution in [0.2, 0.25) is 0 Å². The van der Waals surface area contributed by atoms with Gasteiger partial charge in [-0.15, -0.1) is 11.3 Å². The van der Waals surface area contributed by atoms with Gasteiger partial charge < -0.3 is 10.1 Å². The van der Waals surface area contributed by atoms with Crippen LogP contribution in [0, 0.1) is 5.82 Å². The van der Waals surface area contributed by atoms with E-state index in [1.807, 2.05) is 24.3 Å². The Labute approximate surface area is 189 Å². The van der Waals surface area contributed by atoms with Crippen LogP contribution in [0.4, 0.5) is 9.52 Å². The van der Waals surface area contributed by atoms with Gasteiger partial charge in [-0.3, -0.25) is 4.79 Å². The summed E-state index contributed by atoms with van der Waals surface area (Å²) in [5, 5.41) is 3.17. The molecule has 168 valence electrons. The van der Waals surface area contributed by atoms with Crippen LogP contribution < -0.4 is 10.1 Å². The molecule has 4 rings (SSSR count). The molecule has 1 aromatic heterocycles. The molecule has 2 aromatic carbocycles. The fourth-order valence-electron chi connectivity index (χ4n) is 3.65. The molecule has 1 fully saturated rings. The standard InChI is InChI=1S/C22H22FN3O4S2/c1-30-17-5-2-4-15(12-17)13-18-14-24-22(31-18)25-21(27)20-6-3-11-26(20)32(28,29)19-9-7-16(23)8-10-19/h2,4-5,7-10,12,14,20H,3,6,11,13H2,1H3,(H,24,25,27)/t20-/m0/s1. The minimum absolute atomic E-state index is 0.0339. The predicted molar refractivity (Wildman–Crippen MR) is 120 cm³/mol. The normalized spacial score (nSPS) is 16.8. The summed E-state index contributed by atoms with van der Waals surface area (Å²) in [5.74, 6) is -0.173. The monoisotopic (exact) mass is 475 g/mol. The van der Waals surface area contributed by atoms with E-state index in [1.54, 1.807) is 13.3 Å². The molecule has 0 unspecified atom stereocenters. The summed E-state index contributed by atoms with van der Waals surface area (Å²) in [6, 6.07) is 11.5. The Morgan fingerprint density at radius 1 is 1.28 bits per heavy atom. The van der Waals surface area contributed by atoms with E-state index in [2.05, 4.69) is 10.3 Å². The van der Waals surface area contributed by atoms with E-state index in [0.717, 1.165) is 28.3 Å². The molecule has 3 aromatic rings. The van der Waals surface area contributed by atoms with Crippen molar-refractivity contribution in [3.05, 3.63) is 71.0 Å². The van der Waals surface area contributed by atoms with Gasteiger partial charge in [-0.25, -0.2) is 17.8 Å². The lowest BCUT2D eigenvalue weighted by atomic mass is 10.1. The number of nitrogens with zero attached hydrogens (tertiary/aromatic N) is 2. The van der Waals surface area contributed by atoms with Gasteiger partial charge in [0, 0.05) is 24.0 Å². The maximum Gasteiger partial charge on any atom is 0.244 e. The largest absolute Gasteiger partial charge is 0.497 e. The molecule has 7 nitrogen and oxygen atoms in total. The molecule has 1 saturated heterocycles. The molecular weight excluding hydrogens is 453 g/mol. The minimum atomic E-state index is -3.91. The number of rotatable bonds is 7. The van der Waals surface area contributed by atoms with Gasteiger partial charge >= 0.3 is 0 Å². The molecule has 0 radical (unpaired) electrons. The quantitative estimate of drug-likeness (QED) is 0.563. The summed E-state index contributed by atoms with van der Waals surface area (Å²) in [7, 11) is -2.29. The summed E-state index contributed by atoms with van der Waals surface area (Å²) in [5.41, 5.74) is 1.05. The third-order valence-corrected chi connectivity index (χ3v) is 8.06. The number of thiazole rings is 1. The number of carbonyl (C=O) groups excluding carboxylic acids is 1. The number of hydrogen-bond donors (Lipinski definition) is 1. The van der Waals surface area contributed by atoms with Crippen LogP contribution >= 0.6 is 11.3 Å². The molecule has 1 aliphatic rings. The van der Waals surface area contributed by atoms with E-state index in [-0.39, 0.29) is 11.4 Å². The van der Waals surface area contributed by atoms with Crippen LogP contribution in [-0.4, -0.2) is 43.3 Å². The van der Waals surface area contributed by atoms with Crippen LogP contribution in [0.3, 0.4) is 0 Å². The van der Waals surface area contributed by atoms with Crippen molar-refractivity contribution in [2.75, 3.05) is 19.0 Å². The zero-order valence-electron chi connectivity index (χ0n) is 17.3. The first kappa shape index (κ1) is 22.4. The summed E-state index contributed by atoms with van der Waals surface area (Å²) < 4.78 is 45.6. The number of ether oxygens (including phenoxy) is 1. The highest BCUT2D eigenvalue weighted by molar-refractivity contribution is 7.89. The maximum absolute atomic E-state index is 13.2.